The Morgan fingerprint density at radius 3 is 1.20 bits per heavy atom. The molecule has 16 amide bonds. The molecule has 0 radical (unpaired) electrons. The number of benzene rings is 2. The summed E-state index contributed by atoms with van der Waals surface area (Å²) in [5.41, 5.74) is 35.0. The molecule has 0 fully saturated rings. The highest BCUT2D eigenvalue weighted by atomic mass is 32.2. The molecule has 44 heteroatoms. The maximum absolute atomic E-state index is 14.7. The lowest BCUT2D eigenvalue weighted by atomic mass is 10.0. The molecule has 43 nitrogen and oxygen atoms in total. The average Bonchev–Trinajstić information content (AvgIpc) is 1.31. The second-order valence-electron chi connectivity index (χ2n) is 30.5. The second kappa shape index (κ2) is 55.2. The van der Waals surface area contributed by atoms with Gasteiger partial charge in [0.2, 0.25) is 94.5 Å². The van der Waals surface area contributed by atoms with Gasteiger partial charge >= 0.3 is 5.97 Å². The zero-order chi connectivity index (χ0) is 92.2. The molecule has 1 heterocycles. The van der Waals surface area contributed by atoms with Gasteiger partial charge in [0, 0.05) is 44.1 Å². The topological polar surface area (TPSA) is 720 Å². The number of carbonyl (C=O) groups excluding carboxylic acids is 16. The lowest BCUT2D eigenvalue weighted by Crippen LogP contribution is -2.61. The predicted octanol–water partition coefficient (Wildman–Crippen LogP) is -6.20. The first kappa shape index (κ1) is 105. The number of nitrogens with one attached hydrogen (secondary N) is 17. The van der Waals surface area contributed by atoms with E-state index in [0.29, 0.717) is 30.4 Å². The number of aliphatic hydroxyl groups excluding tert-OH is 1. The summed E-state index contributed by atoms with van der Waals surface area (Å²) < 4.78 is 0. The summed E-state index contributed by atoms with van der Waals surface area (Å²) in [4.78, 5) is 242. The third-order valence-electron chi connectivity index (χ3n) is 19.4. The van der Waals surface area contributed by atoms with Crippen molar-refractivity contribution in [3.05, 3.63) is 90.0 Å². The van der Waals surface area contributed by atoms with Crippen molar-refractivity contribution in [2.24, 2.45) is 46.2 Å². The number of aromatic nitrogens is 2. The summed E-state index contributed by atoms with van der Waals surface area (Å²) in [5, 5.41) is 65.6. The van der Waals surface area contributed by atoms with Crippen molar-refractivity contribution in [1.29, 1.82) is 5.41 Å². The lowest BCUT2D eigenvalue weighted by molar-refractivity contribution is -0.142. The number of carbonyl (C=O) groups is 17. The van der Waals surface area contributed by atoms with E-state index in [1.54, 1.807) is 94.6 Å². The van der Waals surface area contributed by atoms with Gasteiger partial charge in [-0.15, -0.1) is 0 Å². The number of hydrogen-bond acceptors (Lipinski definition) is 24. The summed E-state index contributed by atoms with van der Waals surface area (Å²) in [7, 11) is 0. The van der Waals surface area contributed by atoms with E-state index in [4.69, 9.17) is 39.8 Å². The third kappa shape index (κ3) is 39.2. The van der Waals surface area contributed by atoms with Crippen LogP contribution in [0.4, 0.5) is 0 Å². The number of thioether (sulfide) groups is 1. The molecular formula is C79H126N24O19S. The number of rotatable bonds is 58. The SMILES string of the molecule is CSCC[C@H](NC(=O)[C@H](CCC(N)=O)NC(=O)[C@@H](NC(=O)[C@H](C)NC(=O)[C@@H](N)[C@@H](C)O)C(C)C)C(=O)N[C@@H](C)C(=O)N[C@H](C(=O)N[C@@H](Cc1ccccc1)C(=O)N[C@@H](C)C(=O)N[C@@H](Cc1cnc[nH]1)C(=O)N[C@@H](CC(N)=O)C(=O)N[C@@H](Cc1ccccc1)C(=O)N[C@@H](CCCCN)C(=O)N[C@@H](CCCNC(=N)N)C(=O)N[C@@H](CCCCN)C(=O)O)C(C)C. The van der Waals surface area contributed by atoms with E-state index in [1.807, 2.05) is 0 Å². The molecule has 0 bridgehead atoms. The van der Waals surface area contributed by atoms with E-state index >= 15 is 0 Å². The number of primary amides is 2. The van der Waals surface area contributed by atoms with E-state index in [1.165, 1.54) is 52.0 Å². The number of nitrogens with two attached hydrogens (primary N) is 6. The number of amides is 16. The van der Waals surface area contributed by atoms with Crippen molar-refractivity contribution in [2.45, 2.75) is 248 Å². The van der Waals surface area contributed by atoms with E-state index in [2.05, 4.69) is 89.7 Å². The van der Waals surface area contributed by atoms with Crippen molar-refractivity contribution >= 4 is 118 Å². The van der Waals surface area contributed by atoms with Crippen molar-refractivity contribution in [3.8, 4) is 0 Å². The highest BCUT2D eigenvalue weighted by Crippen LogP contribution is 2.15. The molecule has 0 aliphatic carbocycles. The molecule has 0 saturated carbocycles. The molecule has 0 aliphatic rings. The van der Waals surface area contributed by atoms with Crippen LogP contribution in [-0.4, -0.2) is 255 Å². The Balaban J connectivity index is 1.92. The van der Waals surface area contributed by atoms with Crippen molar-refractivity contribution in [1.82, 2.24) is 89.7 Å². The normalized spacial score (nSPS) is 15.0. The van der Waals surface area contributed by atoms with Crippen LogP contribution >= 0.6 is 11.8 Å². The molecule has 682 valence electrons. The van der Waals surface area contributed by atoms with Crippen LogP contribution in [0.5, 0.6) is 0 Å². The molecule has 16 atom stereocenters. The van der Waals surface area contributed by atoms with Crippen molar-refractivity contribution in [2.75, 3.05) is 31.6 Å². The van der Waals surface area contributed by atoms with Crippen molar-refractivity contribution in [3.63, 3.8) is 0 Å². The van der Waals surface area contributed by atoms with Crippen LogP contribution in [0, 0.1) is 17.2 Å². The van der Waals surface area contributed by atoms with Crippen LogP contribution in [0.15, 0.2) is 73.2 Å². The second-order valence-corrected chi connectivity index (χ2v) is 31.5. The van der Waals surface area contributed by atoms with E-state index < -0.39 is 222 Å². The minimum absolute atomic E-state index is 0.0160. The number of H-pyrrole nitrogens is 1. The van der Waals surface area contributed by atoms with E-state index in [0.717, 1.165) is 0 Å². The highest BCUT2D eigenvalue weighted by Gasteiger charge is 2.39. The Labute approximate surface area is 718 Å². The van der Waals surface area contributed by atoms with Gasteiger partial charge in [0.25, 0.3) is 0 Å². The number of nitrogens with zero attached hydrogens (tertiary/aromatic N) is 1. The zero-order valence-corrected chi connectivity index (χ0v) is 71.7. The molecule has 3 rings (SSSR count). The Morgan fingerprint density at radius 2 is 0.780 bits per heavy atom. The first-order valence-corrected chi connectivity index (χ1v) is 42.0. The van der Waals surface area contributed by atoms with Gasteiger partial charge in [-0.1, -0.05) is 88.4 Å². The van der Waals surface area contributed by atoms with Gasteiger partial charge < -0.3 is 129 Å². The molecule has 0 spiro atoms. The minimum atomic E-state index is -1.87. The number of aliphatic carboxylic acids is 1. The number of carboxylic acid groups (broad SMARTS) is 1. The first-order chi connectivity index (χ1) is 58.1. The van der Waals surface area contributed by atoms with Crippen LogP contribution in [0.2, 0.25) is 0 Å². The molecular weight excluding hydrogens is 1620 g/mol. The summed E-state index contributed by atoms with van der Waals surface area (Å²) >= 11 is 1.30. The van der Waals surface area contributed by atoms with Gasteiger partial charge in [0.1, 0.15) is 90.6 Å². The molecule has 3 aromatic rings. The van der Waals surface area contributed by atoms with Crippen LogP contribution in [0.1, 0.15) is 149 Å². The van der Waals surface area contributed by atoms with Crippen LogP contribution in [0.25, 0.3) is 0 Å². The minimum Gasteiger partial charge on any atom is -0.480 e. The van der Waals surface area contributed by atoms with Gasteiger partial charge in [0.15, 0.2) is 5.96 Å². The number of aromatic amines is 1. The van der Waals surface area contributed by atoms with Crippen LogP contribution in [0.3, 0.4) is 0 Å². The molecule has 1 aromatic heterocycles. The number of carboxylic acids is 1. The van der Waals surface area contributed by atoms with E-state index in [-0.39, 0.29) is 101 Å². The summed E-state index contributed by atoms with van der Waals surface area (Å²) in [6.45, 7) is 12.0. The van der Waals surface area contributed by atoms with Gasteiger partial charge in [-0.2, -0.15) is 11.8 Å². The fourth-order valence-electron chi connectivity index (χ4n) is 12.2. The molecule has 31 N–H and O–H groups in total. The smallest absolute Gasteiger partial charge is 0.326 e. The maximum atomic E-state index is 14.7. The van der Waals surface area contributed by atoms with E-state index in [9.17, 15) is 91.7 Å². The number of hydrogen-bond donors (Lipinski definition) is 25. The number of unbranched alkanes of at least 4 members (excludes halogenated alkanes) is 2. The molecule has 0 saturated heterocycles. The monoisotopic (exact) mass is 1750 g/mol. The Morgan fingerprint density at radius 1 is 0.423 bits per heavy atom. The molecule has 2 aromatic carbocycles. The Bertz CT molecular complexity index is 4000. The Kier molecular flexibility index (Phi) is 47.2. The highest BCUT2D eigenvalue weighted by molar-refractivity contribution is 7.98. The van der Waals surface area contributed by atoms with Crippen molar-refractivity contribution < 1.29 is 91.7 Å². The average molecular weight is 1750 g/mol. The lowest BCUT2D eigenvalue weighted by Gasteiger charge is -2.29. The first-order valence-electron chi connectivity index (χ1n) is 40.6. The summed E-state index contributed by atoms with van der Waals surface area (Å²) in [5.74, 6) is -17.9. The van der Waals surface area contributed by atoms with Gasteiger partial charge in [-0.25, -0.2) is 9.78 Å². The Hall–Kier alpha value is -11.9. The van der Waals surface area contributed by atoms with Gasteiger partial charge in [-0.3, -0.25) is 82.1 Å². The van der Waals surface area contributed by atoms with Crippen LogP contribution < -0.4 is 114 Å². The number of aliphatic hydroxyl groups is 1. The fourth-order valence-corrected chi connectivity index (χ4v) is 12.6. The standard InChI is InChI=1S/C79H126N24O19S/c1-41(2)62(102-66(109)45(7)92-75(118)61(84)46(8)104)76(119)96-52(28-29-59(82)105)70(113)95-53(30-34-123-9)67(110)90-44(6)65(108)103-63(42(3)4)77(120)101-55(35-47-21-12-10-13-22-47)71(114)91-43(5)64(107)98-57(37-49-39-87-40-89-49)73(116)100-58(38-60(83)106)74(117)99-56(36-48-23-14-11-15-24-48)72(115)94-50(25-16-18-31-80)68(111)93-51(27-20-33-88-79(85)86)69(112)97-54(78(121)122)26-17-19-32-81/h10-15,21-24,39-46,50-58,61-63,104H,16-20,25-38,80-81,84H2,1-9H3,(H2,82,105)(H2,83,106)(H,87,89)(H,90,110)(H,91,114)(H,92,118)(H,93,111)(H,94,115)(H,95,113)(H,96,119)(H,97,112)(H,98,107)(H,99,117)(H,100,116)(H,101,120)(H,102,109)(H,103,108)(H,121,122)(H4,85,86,88)/t43-,44-,45-,46+,50-,51-,52-,53-,54-,55-,56-,57-,58-,61-,62-,63-/m0/s1. The number of guanidine groups is 1. The number of imidazole rings is 1. The maximum Gasteiger partial charge on any atom is 0.326 e. The zero-order valence-electron chi connectivity index (χ0n) is 70.9. The largest absolute Gasteiger partial charge is 0.480 e. The molecule has 123 heavy (non-hydrogen) atoms. The quantitative estimate of drug-likeness (QED) is 0.0142. The molecule has 0 unspecified atom stereocenters. The summed E-state index contributed by atoms with van der Waals surface area (Å²) in [6, 6.07) is -5.45. The predicted molar refractivity (Wildman–Crippen MR) is 454 cm³/mol. The molecule has 0 aliphatic heterocycles. The van der Waals surface area contributed by atoms with Gasteiger partial charge in [0.05, 0.1) is 18.9 Å². The fraction of sp³-hybridized carbons (Fsp3) is 0.582. The third-order valence-corrected chi connectivity index (χ3v) is 20.0. The van der Waals surface area contributed by atoms with Crippen LogP contribution in [-0.2, 0) is 101 Å². The summed E-state index contributed by atoms with van der Waals surface area (Å²) in [6.07, 6.45) is 1.96. The van der Waals surface area contributed by atoms with Gasteiger partial charge in [-0.05, 0) is 140 Å².